The minimum Gasteiger partial charge on any atom is -0.497 e. The molecule has 0 unspecified atom stereocenters. The van der Waals surface area contributed by atoms with Crippen molar-refractivity contribution in [1.82, 2.24) is 9.55 Å². The van der Waals surface area contributed by atoms with Crippen LogP contribution in [0.25, 0.3) is 0 Å². The fourth-order valence-corrected chi connectivity index (χ4v) is 2.57. The molecule has 0 N–H and O–H groups in total. The second-order valence-corrected chi connectivity index (χ2v) is 5.94. The fraction of sp³-hybridized carbons (Fsp3) is 0.200. The molecule has 5 nitrogen and oxygen atoms in total. The molecule has 0 aliphatic carbocycles. The smallest absolute Gasteiger partial charge is 0.257 e. The Kier molecular flexibility index (Phi) is 5.49. The maximum Gasteiger partial charge on any atom is 0.257 e. The van der Waals surface area contributed by atoms with Crippen LogP contribution in [0.4, 0.5) is 8.78 Å². The lowest BCUT2D eigenvalue weighted by Crippen LogP contribution is -2.24. The minimum absolute atomic E-state index is 0.0900. The minimum atomic E-state index is -0.709. The van der Waals surface area contributed by atoms with Gasteiger partial charge in [0.1, 0.15) is 29.8 Å². The zero-order valence-electron chi connectivity index (χ0n) is 14.9. The summed E-state index contributed by atoms with van der Waals surface area (Å²) < 4.78 is 38.6. The first-order valence-electron chi connectivity index (χ1n) is 8.24. The molecular weight excluding hydrogens is 354 g/mol. The molecule has 1 aromatic heterocycles. The molecule has 3 aromatic rings. The van der Waals surface area contributed by atoms with Gasteiger partial charge in [0.2, 0.25) is 5.88 Å². The van der Waals surface area contributed by atoms with Gasteiger partial charge in [0, 0.05) is 11.6 Å². The van der Waals surface area contributed by atoms with E-state index in [1.165, 1.54) is 16.7 Å². The summed E-state index contributed by atoms with van der Waals surface area (Å²) in [5.41, 5.74) is 0.816. The van der Waals surface area contributed by atoms with Gasteiger partial charge in [0.25, 0.3) is 5.56 Å². The fourth-order valence-electron chi connectivity index (χ4n) is 2.57. The first-order valence-corrected chi connectivity index (χ1v) is 8.24. The van der Waals surface area contributed by atoms with Gasteiger partial charge in [-0.2, -0.15) is 0 Å². The van der Waals surface area contributed by atoms with Crippen LogP contribution < -0.4 is 15.0 Å². The van der Waals surface area contributed by atoms with Crippen molar-refractivity contribution in [2.24, 2.45) is 0 Å². The molecule has 0 aliphatic rings. The van der Waals surface area contributed by atoms with Gasteiger partial charge in [-0.3, -0.25) is 9.36 Å². The van der Waals surface area contributed by atoms with E-state index in [4.69, 9.17) is 9.47 Å². The van der Waals surface area contributed by atoms with E-state index in [1.54, 1.807) is 14.0 Å². The Labute approximate surface area is 154 Å². The van der Waals surface area contributed by atoms with Gasteiger partial charge >= 0.3 is 0 Å². The molecule has 3 rings (SSSR count). The van der Waals surface area contributed by atoms with E-state index in [0.717, 1.165) is 23.4 Å². The highest BCUT2D eigenvalue weighted by molar-refractivity contribution is 5.27. The highest BCUT2D eigenvalue weighted by Gasteiger charge is 2.09. The summed E-state index contributed by atoms with van der Waals surface area (Å²) in [5, 5.41) is 0. The van der Waals surface area contributed by atoms with Crippen molar-refractivity contribution in [2.45, 2.75) is 20.1 Å². The predicted octanol–water partition coefficient (Wildman–Crippen LogP) is 3.47. The van der Waals surface area contributed by atoms with Crippen LogP contribution in [0.1, 0.15) is 17.0 Å². The third-order valence-electron chi connectivity index (χ3n) is 4.07. The normalized spacial score (nSPS) is 10.7. The van der Waals surface area contributed by atoms with E-state index in [9.17, 15) is 13.6 Å². The molecule has 140 valence electrons. The molecule has 7 heteroatoms. The topological polar surface area (TPSA) is 53.4 Å². The number of rotatable bonds is 6. The molecule has 1 heterocycles. The van der Waals surface area contributed by atoms with Gasteiger partial charge < -0.3 is 9.47 Å². The third-order valence-corrected chi connectivity index (χ3v) is 4.07. The number of nitrogens with zero attached hydrogens (tertiary/aromatic N) is 2. The Bertz CT molecular complexity index is 1000. The maximum atomic E-state index is 13.7. The maximum absolute atomic E-state index is 13.7. The van der Waals surface area contributed by atoms with Crippen LogP contribution in [0.3, 0.4) is 0 Å². The standard InChI is InChI=1S/C20H18F2N2O3/c1-13-23-19(27-12-15-5-6-16(21)9-18(15)22)10-20(25)24(13)11-14-3-7-17(26-2)8-4-14/h3-10H,11-12H2,1-2H3. The third kappa shape index (κ3) is 4.49. The van der Waals surface area contributed by atoms with Crippen molar-refractivity contribution >= 4 is 0 Å². The second kappa shape index (κ2) is 7.99. The first-order chi connectivity index (χ1) is 13.0. The van der Waals surface area contributed by atoms with Crippen molar-refractivity contribution in [3.05, 3.63) is 87.5 Å². The zero-order chi connectivity index (χ0) is 19.4. The van der Waals surface area contributed by atoms with E-state index in [0.29, 0.717) is 12.4 Å². The largest absolute Gasteiger partial charge is 0.497 e. The summed E-state index contributed by atoms with van der Waals surface area (Å²) in [5.74, 6) is -0.0799. The molecule has 0 radical (unpaired) electrons. The Morgan fingerprint density at radius 3 is 2.44 bits per heavy atom. The average molecular weight is 372 g/mol. The first kappa shape index (κ1) is 18.6. The highest BCUT2D eigenvalue weighted by Crippen LogP contribution is 2.15. The number of methoxy groups -OCH3 is 1. The molecule has 0 atom stereocenters. The molecule has 0 saturated heterocycles. The van der Waals surface area contributed by atoms with Gasteiger partial charge in [0.05, 0.1) is 19.7 Å². The van der Waals surface area contributed by atoms with Crippen molar-refractivity contribution < 1.29 is 18.3 Å². The van der Waals surface area contributed by atoms with Gasteiger partial charge in [0.15, 0.2) is 0 Å². The summed E-state index contributed by atoms with van der Waals surface area (Å²) >= 11 is 0. The molecule has 0 spiro atoms. The van der Waals surface area contributed by atoms with Crippen molar-refractivity contribution in [3.63, 3.8) is 0 Å². The summed E-state index contributed by atoms with van der Waals surface area (Å²) in [6, 6.07) is 11.8. The van der Waals surface area contributed by atoms with E-state index < -0.39 is 11.6 Å². The van der Waals surface area contributed by atoms with Crippen LogP contribution in [0.15, 0.2) is 53.3 Å². The summed E-state index contributed by atoms with van der Waals surface area (Å²) in [7, 11) is 1.59. The number of aromatic nitrogens is 2. The quantitative estimate of drug-likeness (QED) is 0.665. The molecular formula is C20H18F2N2O3. The number of aryl methyl sites for hydroxylation is 1. The van der Waals surface area contributed by atoms with E-state index in [2.05, 4.69) is 4.98 Å². The molecule has 2 aromatic carbocycles. The summed E-state index contributed by atoms with van der Waals surface area (Å²) in [4.78, 5) is 16.7. The zero-order valence-corrected chi connectivity index (χ0v) is 14.9. The van der Waals surface area contributed by atoms with Crippen molar-refractivity contribution in [2.75, 3.05) is 7.11 Å². The number of hydrogen-bond donors (Lipinski definition) is 0. The molecule has 0 aliphatic heterocycles. The summed E-state index contributed by atoms with van der Waals surface area (Å²) in [6.07, 6.45) is 0. The van der Waals surface area contributed by atoms with Crippen LogP contribution in [0.5, 0.6) is 11.6 Å². The van der Waals surface area contributed by atoms with Crippen molar-refractivity contribution in [1.29, 1.82) is 0 Å². The lowest BCUT2D eigenvalue weighted by atomic mass is 10.2. The van der Waals surface area contributed by atoms with Gasteiger partial charge in [-0.1, -0.05) is 12.1 Å². The van der Waals surface area contributed by atoms with E-state index in [-0.39, 0.29) is 23.6 Å². The predicted molar refractivity (Wildman–Crippen MR) is 96.0 cm³/mol. The number of halogens is 2. The SMILES string of the molecule is COc1ccc(Cn2c(C)nc(OCc3ccc(F)cc3F)cc2=O)cc1. The number of ether oxygens (including phenoxy) is 2. The summed E-state index contributed by atoms with van der Waals surface area (Å²) in [6.45, 7) is 1.89. The Morgan fingerprint density at radius 1 is 1.07 bits per heavy atom. The Morgan fingerprint density at radius 2 is 1.81 bits per heavy atom. The van der Waals surface area contributed by atoms with Gasteiger partial charge in [-0.25, -0.2) is 13.8 Å². The van der Waals surface area contributed by atoms with Crippen LogP contribution in [0, 0.1) is 18.6 Å². The molecule has 27 heavy (non-hydrogen) atoms. The lowest BCUT2D eigenvalue weighted by molar-refractivity contribution is 0.284. The van der Waals surface area contributed by atoms with E-state index >= 15 is 0 Å². The Hall–Kier alpha value is -3.22. The van der Waals surface area contributed by atoms with Gasteiger partial charge in [-0.15, -0.1) is 0 Å². The van der Waals surface area contributed by atoms with Crippen LogP contribution >= 0.6 is 0 Å². The average Bonchev–Trinajstić information content (AvgIpc) is 2.64. The lowest BCUT2D eigenvalue weighted by Gasteiger charge is -2.12. The van der Waals surface area contributed by atoms with E-state index in [1.807, 2.05) is 24.3 Å². The van der Waals surface area contributed by atoms with Gasteiger partial charge in [-0.05, 0) is 36.8 Å². The monoisotopic (exact) mass is 372 g/mol. The molecule has 0 amide bonds. The molecule has 0 bridgehead atoms. The highest BCUT2D eigenvalue weighted by atomic mass is 19.1. The van der Waals surface area contributed by atoms with Crippen LogP contribution in [-0.4, -0.2) is 16.7 Å². The van der Waals surface area contributed by atoms with Crippen LogP contribution in [0.2, 0.25) is 0 Å². The second-order valence-electron chi connectivity index (χ2n) is 5.94. The molecule has 0 saturated carbocycles. The molecule has 0 fully saturated rings. The number of hydrogen-bond acceptors (Lipinski definition) is 4. The van der Waals surface area contributed by atoms with Crippen LogP contribution in [-0.2, 0) is 13.2 Å². The number of benzene rings is 2. The Balaban J connectivity index is 1.74. The van der Waals surface area contributed by atoms with Crippen molar-refractivity contribution in [3.8, 4) is 11.6 Å².